The molecule has 1 aliphatic heterocycles. The largest absolute Gasteiger partial charge is 0.443 e. The Balaban J connectivity index is 2.36. The molecule has 0 aromatic heterocycles. The maximum absolute atomic E-state index is 13.4. The first kappa shape index (κ1) is 14.1. The van der Waals surface area contributed by atoms with Gasteiger partial charge in [-0.2, -0.15) is 0 Å². The van der Waals surface area contributed by atoms with Crippen LogP contribution in [-0.4, -0.2) is 25.9 Å². The minimum Gasteiger partial charge on any atom is -0.443 e. The van der Waals surface area contributed by atoms with Crippen molar-refractivity contribution in [3.05, 3.63) is 24.0 Å². The molecule has 0 radical (unpaired) electrons. The van der Waals surface area contributed by atoms with E-state index in [1.165, 1.54) is 12.1 Å². The van der Waals surface area contributed by atoms with Crippen LogP contribution >= 0.6 is 0 Å². The number of carbonyl (C=O) groups excluding carboxylic acids is 1. The highest BCUT2D eigenvalue weighted by molar-refractivity contribution is 6.93. The van der Waals surface area contributed by atoms with Gasteiger partial charge in [0, 0.05) is 11.9 Å². The Kier molecular flexibility index (Phi) is 3.21. The lowest BCUT2D eigenvalue weighted by Gasteiger charge is -2.25. The predicted octanol–water partition coefficient (Wildman–Crippen LogP) is 3.04. The summed E-state index contributed by atoms with van der Waals surface area (Å²) < 4.78 is 18.8. The Morgan fingerprint density at radius 1 is 1.37 bits per heavy atom. The van der Waals surface area contributed by atoms with Crippen molar-refractivity contribution in [1.82, 2.24) is 0 Å². The molecule has 1 heterocycles. The van der Waals surface area contributed by atoms with E-state index in [1.807, 2.05) is 20.8 Å². The third-order valence-electron chi connectivity index (χ3n) is 3.15. The Labute approximate surface area is 114 Å². The van der Waals surface area contributed by atoms with Crippen molar-refractivity contribution in [2.75, 3.05) is 11.1 Å². The summed E-state index contributed by atoms with van der Waals surface area (Å²) in [7, 11) is -1.73. The van der Waals surface area contributed by atoms with Crippen molar-refractivity contribution < 1.29 is 13.9 Å². The summed E-state index contributed by atoms with van der Waals surface area (Å²) in [5.74, 6) is -0.320. The zero-order chi connectivity index (χ0) is 14.4. The number of carbonyl (C=O) groups is 1. The molecule has 1 aromatic carbocycles. The highest BCUT2D eigenvalue weighted by Gasteiger charge is 2.41. The molecule has 1 aromatic rings. The molecule has 0 atom stereocenters. The Bertz CT molecular complexity index is 523. The lowest BCUT2D eigenvalue weighted by molar-refractivity contribution is 0.0587. The molecule has 5 heteroatoms. The second kappa shape index (κ2) is 4.33. The van der Waals surface area contributed by atoms with Crippen LogP contribution in [0.4, 0.5) is 14.9 Å². The molecule has 0 aliphatic carbocycles. The van der Waals surface area contributed by atoms with Gasteiger partial charge in [-0.1, -0.05) is 19.2 Å². The monoisotopic (exact) mass is 281 g/mol. The topological polar surface area (TPSA) is 29.5 Å². The molecular formula is C14H20FNO2Si. The van der Waals surface area contributed by atoms with Crippen LogP contribution in [0.15, 0.2) is 18.2 Å². The van der Waals surface area contributed by atoms with E-state index in [2.05, 4.69) is 13.1 Å². The molecular weight excluding hydrogens is 261 g/mol. The van der Waals surface area contributed by atoms with E-state index in [1.54, 1.807) is 11.0 Å². The number of amides is 1. The number of nitrogens with zero attached hydrogens (tertiary/aromatic N) is 1. The molecule has 0 bridgehead atoms. The summed E-state index contributed by atoms with van der Waals surface area (Å²) in [5, 5.41) is 1.11. The lowest BCUT2D eigenvalue weighted by Crippen LogP contribution is -2.45. The molecule has 19 heavy (non-hydrogen) atoms. The van der Waals surface area contributed by atoms with E-state index >= 15 is 0 Å². The van der Waals surface area contributed by atoms with Gasteiger partial charge >= 0.3 is 6.09 Å². The minimum absolute atomic E-state index is 0.320. The van der Waals surface area contributed by atoms with Crippen LogP contribution < -0.4 is 10.1 Å². The average Bonchev–Trinajstić information content (AvgIpc) is 2.48. The predicted molar refractivity (Wildman–Crippen MR) is 77.1 cm³/mol. The van der Waals surface area contributed by atoms with Crippen LogP contribution in [0, 0.1) is 5.82 Å². The maximum atomic E-state index is 13.4. The number of anilines is 1. The fourth-order valence-electron chi connectivity index (χ4n) is 2.35. The lowest BCUT2D eigenvalue weighted by atomic mass is 10.2. The standard InChI is InChI=1S/C14H20FNO2Si/c1-14(2,3)18-13(17)16-9-19(4,5)12-7-6-10(15)8-11(12)16/h6-8H,9H2,1-5H3. The van der Waals surface area contributed by atoms with Crippen LogP contribution in [0.2, 0.25) is 13.1 Å². The zero-order valence-electron chi connectivity index (χ0n) is 12.1. The maximum Gasteiger partial charge on any atom is 0.414 e. The first-order chi connectivity index (χ1) is 8.60. The van der Waals surface area contributed by atoms with Gasteiger partial charge in [0.15, 0.2) is 0 Å². The smallest absolute Gasteiger partial charge is 0.414 e. The van der Waals surface area contributed by atoms with E-state index in [9.17, 15) is 9.18 Å². The molecule has 0 saturated heterocycles. The molecule has 1 amide bonds. The molecule has 1 aliphatic rings. The second-order valence-corrected chi connectivity index (χ2v) is 11.2. The quantitative estimate of drug-likeness (QED) is 0.684. The normalized spacial score (nSPS) is 17.3. The first-order valence-electron chi connectivity index (χ1n) is 6.41. The van der Waals surface area contributed by atoms with E-state index in [0.29, 0.717) is 11.9 Å². The fraction of sp³-hybridized carbons (Fsp3) is 0.500. The van der Waals surface area contributed by atoms with Crippen molar-refractivity contribution in [3.63, 3.8) is 0 Å². The number of ether oxygens (including phenoxy) is 1. The molecule has 3 nitrogen and oxygen atoms in total. The second-order valence-electron chi connectivity index (χ2n) is 6.61. The van der Waals surface area contributed by atoms with Crippen molar-refractivity contribution in [2.45, 2.75) is 39.5 Å². The van der Waals surface area contributed by atoms with Gasteiger partial charge in [-0.3, -0.25) is 4.90 Å². The Morgan fingerprint density at radius 2 is 2.00 bits per heavy atom. The summed E-state index contributed by atoms with van der Waals surface area (Å²) in [6.45, 7) is 9.84. The number of hydrogen-bond acceptors (Lipinski definition) is 2. The van der Waals surface area contributed by atoms with Gasteiger partial charge in [0.2, 0.25) is 0 Å². The highest BCUT2D eigenvalue weighted by Crippen LogP contribution is 2.28. The van der Waals surface area contributed by atoms with E-state index < -0.39 is 19.8 Å². The zero-order valence-corrected chi connectivity index (χ0v) is 13.1. The molecule has 0 fully saturated rings. The van der Waals surface area contributed by atoms with E-state index in [4.69, 9.17) is 4.74 Å². The number of rotatable bonds is 0. The molecule has 0 unspecified atom stereocenters. The summed E-state index contributed by atoms with van der Waals surface area (Å²) in [5.41, 5.74) is 0.129. The van der Waals surface area contributed by atoms with Crippen LogP contribution in [0.5, 0.6) is 0 Å². The minimum atomic E-state index is -1.73. The molecule has 2 rings (SSSR count). The summed E-state index contributed by atoms with van der Waals surface area (Å²) >= 11 is 0. The Hall–Kier alpha value is -1.36. The molecule has 0 saturated carbocycles. The van der Waals surface area contributed by atoms with Crippen molar-refractivity contribution in [1.29, 1.82) is 0 Å². The van der Waals surface area contributed by atoms with Gasteiger partial charge in [-0.25, -0.2) is 9.18 Å². The summed E-state index contributed by atoms with van der Waals surface area (Å²) in [6, 6.07) is 4.70. The molecule has 104 valence electrons. The van der Waals surface area contributed by atoms with Crippen molar-refractivity contribution in [3.8, 4) is 0 Å². The number of fused-ring (bicyclic) bond motifs is 1. The van der Waals surface area contributed by atoms with Crippen molar-refractivity contribution in [2.24, 2.45) is 0 Å². The number of hydrogen-bond donors (Lipinski definition) is 0. The van der Waals surface area contributed by atoms with Crippen LogP contribution in [0.25, 0.3) is 0 Å². The average molecular weight is 281 g/mol. The van der Waals surface area contributed by atoms with Crippen molar-refractivity contribution >= 4 is 25.0 Å². The third kappa shape index (κ3) is 2.81. The first-order valence-corrected chi connectivity index (χ1v) is 9.61. The van der Waals surface area contributed by atoms with Gasteiger partial charge in [-0.15, -0.1) is 0 Å². The van der Waals surface area contributed by atoms with Gasteiger partial charge in [0.25, 0.3) is 0 Å². The SMILES string of the molecule is CC(C)(C)OC(=O)N1C[Si](C)(C)c2ccc(F)cc21. The molecule has 0 spiro atoms. The van der Waals surface area contributed by atoms with Crippen LogP contribution in [0.3, 0.4) is 0 Å². The molecule has 0 N–H and O–H groups in total. The number of benzene rings is 1. The van der Waals surface area contributed by atoms with E-state index in [0.717, 1.165) is 5.19 Å². The van der Waals surface area contributed by atoms with Crippen LogP contribution in [0.1, 0.15) is 20.8 Å². The third-order valence-corrected chi connectivity index (χ3v) is 6.13. The van der Waals surface area contributed by atoms with Crippen LogP contribution in [-0.2, 0) is 4.74 Å². The van der Waals surface area contributed by atoms with Gasteiger partial charge in [-0.05, 0) is 38.1 Å². The number of halogens is 1. The van der Waals surface area contributed by atoms with Gasteiger partial charge in [0.1, 0.15) is 19.5 Å². The van der Waals surface area contributed by atoms with E-state index in [-0.39, 0.29) is 5.82 Å². The van der Waals surface area contributed by atoms with Gasteiger partial charge in [0.05, 0.1) is 0 Å². The highest BCUT2D eigenvalue weighted by atomic mass is 28.3. The Morgan fingerprint density at radius 3 is 2.58 bits per heavy atom. The summed E-state index contributed by atoms with van der Waals surface area (Å²) in [4.78, 5) is 13.8. The summed E-state index contributed by atoms with van der Waals surface area (Å²) in [6.07, 6.45) is 0.248. The fourth-order valence-corrected chi connectivity index (χ4v) is 5.04. The van der Waals surface area contributed by atoms with Gasteiger partial charge < -0.3 is 4.74 Å².